The molecule has 3 aromatic heterocycles. The number of aliphatic hydroxyl groups excluding tert-OH is 1. The van der Waals surface area contributed by atoms with E-state index in [1.54, 1.807) is 6.92 Å². The summed E-state index contributed by atoms with van der Waals surface area (Å²) in [7, 11) is 0. The molecular formula is C28H33F4N7O3. The number of pyridine rings is 1. The van der Waals surface area contributed by atoms with Crippen LogP contribution in [-0.2, 0) is 17.8 Å². The van der Waals surface area contributed by atoms with Crippen molar-refractivity contribution < 1.29 is 32.3 Å². The first-order valence-electron chi connectivity index (χ1n) is 14.1. The molecule has 0 saturated heterocycles. The molecule has 0 aliphatic heterocycles. The molecule has 0 spiro atoms. The predicted molar refractivity (Wildman–Crippen MR) is 144 cm³/mol. The van der Waals surface area contributed by atoms with E-state index in [-0.39, 0.29) is 41.4 Å². The highest BCUT2D eigenvalue weighted by atomic mass is 19.4. The van der Waals surface area contributed by atoms with E-state index in [0.717, 1.165) is 36.1 Å². The Morgan fingerprint density at radius 2 is 1.86 bits per heavy atom. The highest BCUT2D eigenvalue weighted by Crippen LogP contribution is 2.51. The van der Waals surface area contributed by atoms with Crippen LogP contribution in [0.15, 0.2) is 24.4 Å². The molecule has 3 heterocycles. The van der Waals surface area contributed by atoms with Gasteiger partial charge in [-0.25, -0.2) is 4.98 Å². The Morgan fingerprint density at radius 1 is 1.17 bits per heavy atom. The first kappa shape index (κ1) is 29.7. The van der Waals surface area contributed by atoms with Crippen LogP contribution in [0, 0.1) is 30.6 Å². The molecule has 5 rings (SSSR count). The van der Waals surface area contributed by atoms with Crippen molar-refractivity contribution in [3.8, 4) is 11.1 Å². The van der Waals surface area contributed by atoms with E-state index in [4.69, 9.17) is 0 Å². The number of aromatic amines is 1. The molecule has 0 aromatic carbocycles. The number of aryl methyl sites for hydroxylation is 3. The molecule has 0 bridgehead atoms. The minimum absolute atomic E-state index is 0.0174. The molecule has 10 nitrogen and oxygen atoms in total. The third-order valence-corrected chi connectivity index (χ3v) is 7.97. The number of H-pyrrole nitrogens is 1. The lowest BCUT2D eigenvalue weighted by molar-refractivity contribution is -0.206. The van der Waals surface area contributed by atoms with Gasteiger partial charge in [-0.15, -0.1) is 0 Å². The Kier molecular flexibility index (Phi) is 8.35. The molecule has 14 heteroatoms. The van der Waals surface area contributed by atoms with Gasteiger partial charge >= 0.3 is 6.18 Å². The topological polar surface area (TPSA) is 138 Å². The number of anilines is 1. The predicted octanol–water partition coefficient (Wildman–Crippen LogP) is 4.16. The van der Waals surface area contributed by atoms with Crippen molar-refractivity contribution in [2.75, 3.05) is 5.32 Å². The second-order valence-electron chi connectivity index (χ2n) is 11.0. The van der Waals surface area contributed by atoms with Crippen molar-refractivity contribution in [2.45, 2.75) is 77.2 Å². The summed E-state index contributed by atoms with van der Waals surface area (Å²) in [5.74, 6) is -1.71. The Balaban J connectivity index is 1.34. The highest BCUT2D eigenvalue weighted by Gasteiger charge is 2.48. The van der Waals surface area contributed by atoms with Crippen LogP contribution in [0.3, 0.4) is 0 Å². The average molecular weight is 592 g/mol. The third kappa shape index (κ3) is 6.48. The first-order valence-corrected chi connectivity index (χ1v) is 14.1. The van der Waals surface area contributed by atoms with Gasteiger partial charge < -0.3 is 15.7 Å². The van der Waals surface area contributed by atoms with Gasteiger partial charge in [0.2, 0.25) is 11.9 Å². The number of halogens is 4. The van der Waals surface area contributed by atoms with Crippen molar-refractivity contribution in [3.05, 3.63) is 47.4 Å². The summed E-state index contributed by atoms with van der Waals surface area (Å²) in [6, 6.07) is 3.38. The summed E-state index contributed by atoms with van der Waals surface area (Å²) in [5, 5.41) is 25.8. The molecule has 42 heavy (non-hydrogen) atoms. The van der Waals surface area contributed by atoms with Gasteiger partial charge in [0.25, 0.3) is 5.91 Å². The first-order chi connectivity index (χ1) is 20.0. The fourth-order valence-electron chi connectivity index (χ4n) is 5.54. The molecule has 1 unspecified atom stereocenters. The number of aliphatic hydroxyl groups is 1. The van der Waals surface area contributed by atoms with Gasteiger partial charge in [0.15, 0.2) is 6.10 Å². The number of hydrogen-bond acceptors (Lipinski definition) is 6. The molecule has 2 aliphatic carbocycles. The van der Waals surface area contributed by atoms with Gasteiger partial charge in [-0.2, -0.15) is 27.8 Å². The van der Waals surface area contributed by atoms with Gasteiger partial charge in [-0.05, 0) is 75.0 Å². The number of carbonyl (C=O) groups excluding carboxylic acids is 2. The normalized spacial score (nSPS) is 16.9. The van der Waals surface area contributed by atoms with Crippen LogP contribution in [0.5, 0.6) is 0 Å². The Labute approximate surface area is 239 Å². The van der Waals surface area contributed by atoms with Gasteiger partial charge in [-0.1, -0.05) is 6.92 Å². The number of carbonyl (C=O) groups is 2. The average Bonchev–Trinajstić information content (AvgIpc) is 3.87. The van der Waals surface area contributed by atoms with Crippen molar-refractivity contribution in [2.24, 2.45) is 17.8 Å². The number of nitrogens with one attached hydrogen (secondary N) is 3. The number of amides is 2. The van der Waals surface area contributed by atoms with E-state index in [2.05, 4.69) is 30.9 Å². The van der Waals surface area contributed by atoms with Crippen molar-refractivity contribution in [1.29, 1.82) is 0 Å². The number of aromatic nitrogens is 5. The quantitative estimate of drug-likeness (QED) is 0.184. The van der Waals surface area contributed by atoms with E-state index in [0.29, 0.717) is 17.7 Å². The number of rotatable bonds is 12. The van der Waals surface area contributed by atoms with Crippen molar-refractivity contribution in [3.63, 3.8) is 0 Å². The van der Waals surface area contributed by atoms with Crippen LogP contribution < -0.4 is 10.6 Å². The summed E-state index contributed by atoms with van der Waals surface area (Å²) in [5.41, 5.74) is 2.21. The highest BCUT2D eigenvalue weighted by molar-refractivity contribution is 6.00. The number of nitrogens with zero attached hydrogens (tertiary/aromatic N) is 4. The lowest BCUT2D eigenvalue weighted by Gasteiger charge is -2.27. The molecule has 226 valence electrons. The third-order valence-electron chi connectivity index (χ3n) is 7.97. The molecule has 2 saturated carbocycles. The zero-order valence-electron chi connectivity index (χ0n) is 23.2. The maximum absolute atomic E-state index is 15.2. The smallest absolute Gasteiger partial charge is 0.384 e. The number of hydrogen-bond donors (Lipinski definition) is 4. The van der Waals surface area contributed by atoms with Gasteiger partial charge in [0.05, 0.1) is 5.69 Å². The lowest BCUT2D eigenvalue weighted by Crippen LogP contribution is -2.50. The lowest BCUT2D eigenvalue weighted by atomic mass is 9.88. The number of alkyl halides is 3. The van der Waals surface area contributed by atoms with E-state index in [1.807, 2.05) is 6.92 Å². The molecule has 2 aliphatic rings. The summed E-state index contributed by atoms with van der Waals surface area (Å²) in [6.45, 7) is 3.32. The summed E-state index contributed by atoms with van der Waals surface area (Å²) in [4.78, 5) is 30.9. The summed E-state index contributed by atoms with van der Waals surface area (Å²) in [6.07, 6.45) is -2.49. The van der Waals surface area contributed by atoms with Crippen LogP contribution >= 0.6 is 0 Å². The molecule has 3 aromatic rings. The Morgan fingerprint density at radius 3 is 2.45 bits per heavy atom. The van der Waals surface area contributed by atoms with Gasteiger partial charge in [0.1, 0.15) is 17.6 Å². The molecule has 2 fully saturated rings. The van der Waals surface area contributed by atoms with Crippen molar-refractivity contribution in [1.82, 2.24) is 30.3 Å². The minimum atomic E-state index is -4.79. The molecule has 0 radical (unpaired) electrons. The maximum Gasteiger partial charge on any atom is 0.414 e. The summed E-state index contributed by atoms with van der Waals surface area (Å²) >= 11 is 0. The Bertz CT molecular complexity index is 1430. The zero-order chi connectivity index (χ0) is 30.2. The SMILES string of the molecule is CCc1[nH]nc(C)c1-c1ccc(NC(=O)[C@@H](NC(=O)c2ccnn2CCC(O)C(F)(F)F)C(C2CC2)C2CC2)nc1F. The van der Waals surface area contributed by atoms with Crippen LogP contribution in [-0.4, -0.2) is 60.2 Å². The standard InChI is InChI=1S/C28H33F4N7O3/c1-3-18-22(14(2)37-38-18)17-8-9-21(34-25(17)29)35-27(42)24(23(15-4-5-15)16-6-7-16)36-26(41)19-10-12-33-39(19)13-11-20(40)28(30,31)32/h8-10,12,15-16,20,23-24,40H,3-7,11,13H2,1-2H3,(H,36,41)(H,37,38)(H,34,35,42)/t20?,24-/m0/s1. The largest absolute Gasteiger partial charge is 0.414 e. The molecule has 4 N–H and O–H groups in total. The van der Waals surface area contributed by atoms with Gasteiger partial charge in [-0.3, -0.25) is 19.4 Å². The van der Waals surface area contributed by atoms with E-state index in [9.17, 15) is 27.9 Å². The molecular weight excluding hydrogens is 558 g/mol. The second-order valence-corrected chi connectivity index (χ2v) is 11.0. The van der Waals surface area contributed by atoms with Gasteiger partial charge in [0, 0.05) is 36.0 Å². The molecule has 2 amide bonds. The monoisotopic (exact) mass is 591 g/mol. The fourth-order valence-corrected chi connectivity index (χ4v) is 5.54. The second kappa shape index (κ2) is 11.8. The van der Waals surface area contributed by atoms with E-state index in [1.165, 1.54) is 24.4 Å². The zero-order valence-corrected chi connectivity index (χ0v) is 23.2. The van der Waals surface area contributed by atoms with Crippen LogP contribution in [0.25, 0.3) is 11.1 Å². The minimum Gasteiger partial charge on any atom is -0.384 e. The van der Waals surface area contributed by atoms with E-state index < -0.39 is 42.5 Å². The van der Waals surface area contributed by atoms with Crippen LogP contribution in [0.2, 0.25) is 0 Å². The van der Waals surface area contributed by atoms with Crippen molar-refractivity contribution >= 4 is 17.6 Å². The fraction of sp³-hybridized carbons (Fsp3) is 0.536. The molecule has 2 atom stereocenters. The van der Waals surface area contributed by atoms with Crippen LogP contribution in [0.1, 0.15) is 60.9 Å². The van der Waals surface area contributed by atoms with E-state index >= 15 is 4.39 Å². The van der Waals surface area contributed by atoms with Crippen LogP contribution in [0.4, 0.5) is 23.4 Å². The maximum atomic E-state index is 15.2. The summed E-state index contributed by atoms with van der Waals surface area (Å²) < 4.78 is 54.5. The Hall–Kier alpha value is -3.81.